The lowest BCUT2D eigenvalue weighted by molar-refractivity contribution is 0.0743. The van der Waals surface area contributed by atoms with Crippen LogP contribution in [0.5, 0.6) is 0 Å². The van der Waals surface area contributed by atoms with Crippen LogP contribution in [-0.2, 0) is 13.5 Å². The molecule has 7 nitrogen and oxygen atoms in total. The Morgan fingerprint density at radius 2 is 1.80 bits per heavy atom. The molecule has 7 heteroatoms. The maximum Gasteiger partial charge on any atom is 0.263 e. The Bertz CT molecular complexity index is 823. The zero-order valence-corrected chi connectivity index (χ0v) is 14.9. The second-order valence-electron chi connectivity index (χ2n) is 6.23. The molecule has 1 saturated heterocycles. The number of aryl methyl sites for hydroxylation is 1. The molecule has 0 radical (unpaired) electrons. The van der Waals surface area contributed by atoms with Crippen molar-refractivity contribution in [1.82, 2.24) is 19.4 Å². The minimum absolute atomic E-state index is 0.194. The number of hydrogen-bond donors (Lipinski definition) is 0. The zero-order chi connectivity index (χ0) is 18.0. The molecule has 0 spiro atoms. The number of amides is 1. The number of anilines is 1. The number of hydrogen-bond acceptors (Lipinski definition) is 5. The molecule has 1 aliphatic rings. The molecule has 0 aromatic carbocycles. The van der Waals surface area contributed by atoms with Gasteiger partial charge in [-0.25, -0.2) is 9.97 Å². The Kier molecular flexibility index (Phi) is 4.83. The third kappa shape index (κ3) is 3.26. The van der Waals surface area contributed by atoms with Crippen LogP contribution in [-0.4, -0.2) is 51.5 Å². The fourth-order valence-electron chi connectivity index (χ4n) is 3.33. The van der Waals surface area contributed by atoms with Crippen LogP contribution < -0.4 is 10.5 Å². The smallest absolute Gasteiger partial charge is 0.263 e. The quantitative estimate of drug-likeness (QED) is 0.833. The van der Waals surface area contributed by atoms with E-state index in [2.05, 4.69) is 9.97 Å². The van der Waals surface area contributed by atoms with Gasteiger partial charge in [0.05, 0.1) is 0 Å². The molecule has 132 valence electrons. The number of nitrogens with zero attached hydrogens (tertiary/aromatic N) is 5. The fraction of sp³-hybridized carbons (Fsp3) is 0.444. The summed E-state index contributed by atoms with van der Waals surface area (Å²) in [6.07, 6.45) is 4.19. The maximum absolute atomic E-state index is 12.8. The molecule has 1 aliphatic heterocycles. The van der Waals surface area contributed by atoms with Gasteiger partial charge in [0.1, 0.15) is 5.56 Å². The lowest BCUT2D eigenvalue weighted by Crippen LogP contribution is -2.50. The van der Waals surface area contributed by atoms with E-state index in [9.17, 15) is 9.59 Å². The second-order valence-corrected chi connectivity index (χ2v) is 6.23. The van der Waals surface area contributed by atoms with Gasteiger partial charge in [-0.15, -0.1) is 0 Å². The van der Waals surface area contributed by atoms with Crippen LogP contribution in [0.4, 0.5) is 5.95 Å². The van der Waals surface area contributed by atoms with Gasteiger partial charge in [0.2, 0.25) is 5.95 Å². The molecule has 0 saturated carbocycles. The van der Waals surface area contributed by atoms with Crippen molar-refractivity contribution >= 4 is 11.9 Å². The largest absolute Gasteiger partial charge is 0.337 e. The van der Waals surface area contributed by atoms with Crippen LogP contribution in [0, 0.1) is 6.92 Å². The van der Waals surface area contributed by atoms with E-state index in [0.29, 0.717) is 32.1 Å². The van der Waals surface area contributed by atoms with Crippen LogP contribution in [0.25, 0.3) is 0 Å². The predicted molar refractivity (Wildman–Crippen MR) is 95.9 cm³/mol. The van der Waals surface area contributed by atoms with E-state index < -0.39 is 0 Å². The summed E-state index contributed by atoms with van der Waals surface area (Å²) in [4.78, 5) is 37.7. The summed E-state index contributed by atoms with van der Waals surface area (Å²) < 4.78 is 1.59. The zero-order valence-electron chi connectivity index (χ0n) is 14.9. The Hall–Kier alpha value is -2.70. The van der Waals surface area contributed by atoms with Crippen molar-refractivity contribution in [1.29, 1.82) is 0 Å². The molecular weight excluding hydrogens is 318 g/mol. The second kappa shape index (κ2) is 7.04. The molecule has 0 atom stereocenters. The number of carbonyl (C=O) groups is 1. The monoisotopic (exact) mass is 341 g/mol. The van der Waals surface area contributed by atoms with E-state index in [-0.39, 0.29) is 17.0 Å². The van der Waals surface area contributed by atoms with Gasteiger partial charge >= 0.3 is 0 Å². The Labute approximate surface area is 146 Å². The highest BCUT2D eigenvalue weighted by Gasteiger charge is 2.26. The molecule has 0 N–H and O–H groups in total. The van der Waals surface area contributed by atoms with E-state index in [1.807, 2.05) is 18.7 Å². The van der Waals surface area contributed by atoms with Crippen molar-refractivity contribution in [2.24, 2.45) is 7.05 Å². The van der Waals surface area contributed by atoms with E-state index in [0.717, 1.165) is 17.7 Å². The minimum atomic E-state index is -0.221. The van der Waals surface area contributed by atoms with Gasteiger partial charge in [0, 0.05) is 51.3 Å². The molecule has 2 aromatic heterocycles. The van der Waals surface area contributed by atoms with Crippen LogP contribution in [0.2, 0.25) is 0 Å². The highest BCUT2D eigenvalue weighted by molar-refractivity contribution is 5.94. The SMILES string of the molecule is CCc1c(C)cc(C(=O)N2CCN(c3ncccn3)CC2)c(=O)n1C. The summed E-state index contributed by atoms with van der Waals surface area (Å²) in [6, 6.07) is 3.51. The molecule has 1 amide bonds. The molecular formula is C18H23N5O2. The third-order valence-corrected chi connectivity index (χ3v) is 4.72. The van der Waals surface area contributed by atoms with Gasteiger partial charge in [-0.2, -0.15) is 0 Å². The Morgan fingerprint density at radius 3 is 2.40 bits per heavy atom. The van der Waals surface area contributed by atoms with Gasteiger partial charge in [-0.1, -0.05) is 6.92 Å². The van der Waals surface area contributed by atoms with Crippen molar-refractivity contribution in [2.75, 3.05) is 31.1 Å². The van der Waals surface area contributed by atoms with Gasteiger partial charge < -0.3 is 14.4 Å². The van der Waals surface area contributed by atoms with E-state index in [1.165, 1.54) is 0 Å². The van der Waals surface area contributed by atoms with Crippen molar-refractivity contribution in [3.63, 3.8) is 0 Å². The van der Waals surface area contributed by atoms with Crippen molar-refractivity contribution in [2.45, 2.75) is 20.3 Å². The van der Waals surface area contributed by atoms with Crippen LogP contribution in [0.15, 0.2) is 29.3 Å². The number of rotatable bonds is 3. The van der Waals surface area contributed by atoms with E-state index >= 15 is 0 Å². The molecule has 3 rings (SSSR count). The van der Waals surface area contributed by atoms with E-state index in [4.69, 9.17) is 0 Å². The van der Waals surface area contributed by atoms with Gasteiger partial charge in [-0.05, 0) is 31.0 Å². The molecule has 2 aromatic rings. The summed E-state index contributed by atoms with van der Waals surface area (Å²) in [7, 11) is 1.73. The Balaban J connectivity index is 1.76. The fourth-order valence-corrected chi connectivity index (χ4v) is 3.33. The number of pyridine rings is 1. The first-order chi connectivity index (χ1) is 12.0. The molecule has 0 unspecified atom stereocenters. The van der Waals surface area contributed by atoms with Gasteiger partial charge in [0.15, 0.2) is 0 Å². The summed E-state index contributed by atoms with van der Waals surface area (Å²) in [5.74, 6) is 0.480. The summed E-state index contributed by atoms with van der Waals surface area (Å²) in [6.45, 7) is 6.36. The minimum Gasteiger partial charge on any atom is -0.337 e. The Morgan fingerprint density at radius 1 is 1.16 bits per heavy atom. The third-order valence-electron chi connectivity index (χ3n) is 4.72. The van der Waals surface area contributed by atoms with E-state index in [1.54, 1.807) is 41.0 Å². The van der Waals surface area contributed by atoms with Crippen molar-refractivity contribution < 1.29 is 4.79 Å². The molecule has 1 fully saturated rings. The average Bonchev–Trinajstić information content (AvgIpc) is 2.65. The first-order valence-corrected chi connectivity index (χ1v) is 8.53. The number of carbonyl (C=O) groups excluding carboxylic acids is 1. The van der Waals surface area contributed by atoms with Crippen LogP contribution in [0.1, 0.15) is 28.5 Å². The standard InChI is InChI=1S/C18H23N5O2/c1-4-15-13(2)12-14(16(24)21(15)3)17(25)22-8-10-23(11-9-22)18-19-6-5-7-20-18/h5-7,12H,4,8-11H2,1-3H3. The molecule has 3 heterocycles. The van der Waals surface area contributed by atoms with Gasteiger partial charge in [-0.3, -0.25) is 9.59 Å². The summed E-state index contributed by atoms with van der Waals surface area (Å²) >= 11 is 0. The molecule has 25 heavy (non-hydrogen) atoms. The number of aromatic nitrogens is 3. The van der Waals surface area contributed by atoms with Crippen molar-refractivity contribution in [3.8, 4) is 0 Å². The highest BCUT2D eigenvalue weighted by Crippen LogP contribution is 2.13. The molecule has 0 bridgehead atoms. The van der Waals surface area contributed by atoms with Crippen molar-refractivity contribution in [3.05, 3.63) is 51.7 Å². The first kappa shape index (κ1) is 17.1. The summed E-state index contributed by atoms with van der Waals surface area (Å²) in [5, 5.41) is 0. The maximum atomic E-state index is 12.8. The topological polar surface area (TPSA) is 71.3 Å². The van der Waals surface area contributed by atoms with Crippen LogP contribution in [0.3, 0.4) is 0 Å². The average molecular weight is 341 g/mol. The highest BCUT2D eigenvalue weighted by atomic mass is 16.2. The molecule has 0 aliphatic carbocycles. The van der Waals surface area contributed by atoms with Gasteiger partial charge in [0.25, 0.3) is 11.5 Å². The normalized spacial score (nSPS) is 14.7. The first-order valence-electron chi connectivity index (χ1n) is 8.53. The summed E-state index contributed by atoms with van der Waals surface area (Å²) in [5.41, 5.74) is 1.97. The van der Waals surface area contributed by atoms with Crippen LogP contribution >= 0.6 is 0 Å². The lowest BCUT2D eigenvalue weighted by atomic mass is 10.1. The predicted octanol–water partition coefficient (Wildman–Crippen LogP) is 1.01. The lowest BCUT2D eigenvalue weighted by Gasteiger charge is -2.34. The number of piperazine rings is 1.